The number of hydrogen-bond donors (Lipinski definition) is 0. The van der Waals surface area contributed by atoms with Crippen LogP contribution in [-0.4, -0.2) is 29.8 Å². The number of aromatic nitrogens is 1. The van der Waals surface area contributed by atoms with Crippen molar-refractivity contribution in [3.63, 3.8) is 0 Å². The van der Waals surface area contributed by atoms with Gasteiger partial charge in [0.25, 0.3) is 0 Å². The third kappa shape index (κ3) is 2.77. The Balaban J connectivity index is 1.61. The van der Waals surface area contributed by atoms with E-state index in [0.717, 1.165) is 29.3 Å². The first kappa shape index (κ1) is 14.7. The van der Waals surface area contributed by atoms with Gasteiger partial charge in [0.15, 0.2) is 0 Å². The van der Waals surface area contributed by atoms with Crippen LogP contribution in [0.4, 0.5) is 0 Å². The Morgan fingerprint density at radius 2 is 2.38 bits per heavy atom. The minimum atomic E-state index is -0.275. The molecule has 0 N–H and O–H groups in total. The maximum absolute atomic E-state index is 12.0. The number of fused-ring (bicyclic) bond motifs is 1. The van der Waals surface area contributed by atoms with Crippen molar-refractivity contribution in [3.8, 4) is 0 Å². The zero-order valence-corrected chi connectivity index (χ0v) is 13.5. The Hall–Kier alpha value is -1.20. The highest BCUT2D eigenvalue weighted by molar-refractivity contribution is 7.12. The second-order valence-corrected chi connectivity index (χ2v) is 7.66. The molecule has 2 fully saturated rings. The van der Waals surface area contributed by atoms with Crippen LogP contribution in [0.1, 0.15) is 36.6 Å². The maximum Gasteiger partial charge on any atom is 0.331 e. The molecule has 3 atom stereocenters. The molecule has 3 rings (SSSR count). The Kier molecular flexibility index (Phi) is 3.88. The Morgan fingerprint density at radius 3 is 3.10 bits per heavy atom. The van der Waals surface area contributed by atoms with Crippen molar-refractivity contribution in [1.29, 1.82) is 0 Å². The van der Waals surface area contributed by atoms with E-state index in [1.165, 1.54) is 6.08 Å². The summed E-state index contributed by atoms with van der Waals surface area (Å²) in [6.07, 6.45) is 7.38. The van der Waals surface area contributed by atoms with E-state index >= 15 is 0 Å². The molecule has 114 valence electrons. The lowest BCUT2D eigenvalue weighted by Crippen LogP contribution is -2.65. The van der Waals surface area contributed by atoms with Gasteiger partial charge in [-0.3, -0.25) is 0 Å². The van der Waals surface area contributed by atoms with Gasteiger partial charge in [-0.2, -0.15) is 0 Å². The summed E-state index contributed by atoms with van der Waals surface area (Å²) in [5.41, 5.74) is -0.0876. The molecule has 0 amide bonds. The van der Waals surface area contributed by atoms with Crippen LogP contribution in [0.15, 0.2) is 12.3 Å². The molecule has 0 unspecified atom stereocenters. The van der Waals surface area contributed by atoms with Gasteiger partial charge in [-0.25, -0.2) is 9.78 Å². The SMILES string of the molecule is Cc1ncc(/C=C/C(=O)O[C@@H]2[C@@H]3CCCO[C@@H]3C2(C)C)s1. The second-order valence-electron chi connectivity index (χ2n) is 6.39. The molecule has 0 radical (unpaired) electrons. The molecule has 0 spiro atoms. The van der Waals surface area contributed by atoms with Gasteiger partial charge in [0.05, 0.1) is 11.1 Å². The van der Waals surface area contributed by atoms with Crippen LogP contribution < -0.4 is 0 Å². The van der Waals surface area contributed by atoms with Crippen LogP contribution >= 0.6 is 11.3 Å². The van der Waals surface area contributed by atoms with Crippen LogP contribution in [0.3, 0.4) is 0 Å². The molecule has 1 saturated heterocycles. The number of carbonyl (C=O) groups excluding carboxylic acids is 1. The van der Waals surface area contributed by atoms with Crippen molar-refractivity contribution in [1.82, 2.24) is 4.98 Å². The topological polar surface area (TPSA) is 48.4 Å². The van der Waals surface area contributed by atoms with E-state index in [1.54, 1.807) is 23.6 Å². The molecule has 21 heavy (non-hydrogen) atoms. The van der Waals surface area contributed by atoms with E-state index in [-0.39, 0.29) is 23.6 Å². The minimum absolute atomic E-state index is 0.0388. The van der Waals surface area contributed by atoms with E-state index in [1.807, 2.05) is 6.92 Å². The monoisotopic (exact) mass is 307 g/mol. The normalized spacial score (nSPS) is 30.7. The van der Waals surface area contributed by atoms with Crippen LogP contribution in [0.25, 0.3) is 6.08 Å². The summed E-state index contributed by atoms with van der Waals surface area (Å²) < 4.78 is 11.5. The van der Waals surface area contributed by atoms with Gasteiger partial charge in [-0.05, 0) is 25.8 Å². The fourth-order valence-electron chi connectivity index (χ4n) is 3.48. The number of aryl methyl sites for hydroxylation is 1. The third-order valence-corrected chi connectivity index (χ3v) is 5.37. The summed E-state index contributed by atoms with van der Waals surface area (Å²) in [6, 6.07) is 0. The molecule has 2 heterocycles. The van der Waals surface area contributed by atoms with Crippen molar-refractivity contribution >= 4 is 23.4 Å². The van der Waals surface area contributed by atoms with Crippen LogP contribution in [0, 0.1) is 18.3 Å². The molecular weight excluding hydrogens is 286 g/mol. The zero-order chi connectivity index (χ0) is 15.0. The average Bonchev–Trinajstić information content (AvgIpc) is 2.88. The van der Waals surface area contributed by atoms with E-state index in [0.29, 0.717) is 5.92 Å². The molecule has 1 aromatic heterocycles. The molecule has 4 nitrogen and oxygen atoms in total. The van der Waals surface area contributed by atoms with Gasteiger partial charge in [0.2, 0.25) is 0 Å². The predicted octanol–water partition coefficient (Wildman–Crippen LogP) is 3.21. The lowest BCUT2D eigenvalue weighted by atomic mass is 9.57. The molecule has 1 aromatic rings. The van der Waals surface area contributed by atoms with Gasteiger partial charge < -0.3 is 9.47 Å². The molecule has 0 aromatic carbocycles. The van der Waals surface area contributed by atoms with E-state index in [4.69, 9.17) is 9.47 Å². The van der Waals surface area contributed by atoms with Gasteiger partial charge in [0.1, 0.15) is 6.10 Å². The highest BCUT2D eigenvalue weighted by Gasteiger charge is 2.60. The first-order valence-electron chi connectivity index (χ1n) is 7.41. The van der Waals surface area contributed by atoms with Crippen LogP contribution in [-0.2, 0) is 14.3 Å². The zero-order valence-electron chi connectivity index (χ0n) is 12.7. The number of hydrogen-bond acceptors (Lipinski definition) is 5. The summed E-state index contributed by atoms with van der Waals surface area (Å²) in [5.74, 6) is 0.0832. The molecule has 2 aliphatic rings. The molecule has 5 heteroatoms. The third-order valence-electron chi connectivity index (χ3n) is 4.49. The van der Waals surface area contributed by atoms with E-state index in [2.05, 4.69) is 18.8 Å². The smallest absolute Gasteiger partial charge is 0.331 e. The average molecular weight is 307 g/mol. The Bertz CT molecular complexity index is 564. The minimum Gasteiger partial charge on any atom is -0.458 e. The maximum atomic E-state index is 12.0. The van der Waals surface area contributed by atoms with Crippen molar-refractivity contribution in [3.05, 3.63) is 22.2 Å². The number of nitrogens with zero attached hydrogens (tertiary/aromatic N) is 1. The second kappa shape index (κ2) is 5.54. The molecule has 1 aliphatic heterocycles. The number of esters is 1. The number of rotatable bonds is 3. The number of thiazole rings is 1. The quantitative estimate of drug-likeness (QED) is 0.635. The fraction of sp³-hybridized carbons (Fsp3) is 0.625. The lowest BCUT2D eigenvalue weighted by molar-refractivity contribution is -0.252. The summed E-state index contributed by atoms with van der Waals surface area (Å²) in [6.45, 7) is 7.01. The van der Waals surface area contributed by atoms with Crippen molar-refractivity contribution in [2.75, 3.05) is 6.61 Å². The first-order chi connectivity index (χ1) is 9.98. The van der Waals surface area contributed by atoms with Gasteiger partial charge in [-0.15, -0.1) is 11.3 Å². The lowest BCUT2D eigenvalue weighted by Gasteiger charge is -2.58. The first-order valence-corrected chi connectivity index (χ1v) is 8.23. The predicted molar refractivity (Wildman–Crippen MR) is 82.0 cm³/mol. The highest BCUT2D eigenvalue weighted by atomic mass is 32.1. The van der Waals surface area contributed by atoms with Crippen molar-refractivity contribution < 1.29 is 14.3 Å². The molecule has 1 saturated carbocycles. The highest BCUT2D eigenvalue weighted by Crippen LogP contribution is 2.52. The standard InChI is InChI=1S/C16H21NO3S/c1-10-17-9-11(21-10)6-7-13(18)20-15-12-5-4-8-19-14(12)16(15,2)3/h6-7,9,12,14-15H,4-5,8H2,1-3H3/b7-6+/t12-,14+,15-/m1/s1. The van der Waals surface area contributed by atoms with Crippen molar-refractivity contribution in [2.45, 2.75) is 45.8 Å². The summed E-state index contributed by atoms with van der Waals surface area (Å²) in [7, 11) is 0. The molecular formula is C16H21NO3S. The number of carbonyl (C=O) groups is 1. The molecule has 1 aliphatic carbocycles. The van der Waals surface area contributed by atoms with Crippen molar-refractivity contribution in [2.24, 2.45) is 11.3 Å². The Morgan fingerprint density at radius 1 is 1.57 bits per heavy atom. The van der Waals surface area contributed by atoms with E-state index in [9.17, 15) is 4.79 Å². The number of ether oxygens (including phenoxy) is 2. The summed E-state index contributed by atoms with van der Waals surface area (Å²) >= 11 is 1.56. The van der Waals surface area contributed by atoms with Gasteiger partial charge >= 0.3 is 5.97 Å². The van der Waals surface area contributed by atoms with Crippen LogP contribution in [0.2, 0.25) is 0 Å². The molecule has 0 bridgehead atoms. The Labute approximate surface area is 129 Å². The van der Waals surface area contributed by atoms with Gasteiger partial charge in [-0.1, -0.05) is 13.8 Å². The summed E-state index contributed by atoms with van der Waals surface area (Å²) in [5, 5.41) is 0.991. The van der Waals surface area contributed by atoms with Gasteiger partial charge in [0, 0.05) is 35.1 Å². The fourth-order valence-corrected chi connectivity index (χ4v) is 4.17. The van der Waals surface area contributed by atoms with Crippen LogP contribution in [0.5, 0.6) is 0 Å². The largest absolute Gasteiger partial charge is 0.458 e. The van der Waals surface area contributed by atoms with E-state index < -0.39 is 0 Å². The summed E-state index contributed by atoms with van der Waals surface area (Å²) in [4.78, 5) is 17.2.